The van der Waals surface area contributed by atoms with Gasteiger partial charge in [-0.2, -0.15) is 5.26 Å². The molecule has 88 valence electrons. The smallest absolute Gasteiger partial charge is 0.115 e. The Morgan fingerprint density at radius 3 is 2.22 bits per heavy atom. The number of hydrogen-bond acceptors (Lipinski definition) is 2. The van der Waals surface area contributed by atoms with Gasteiger partial charge in [0.15, 0.2) is 0 Å². The van der Waals surface area contributed by atoms with Crippen LogP contribution in [0.1, 0.15) is 11.1 Å². The van der Waals surface area contributed by atoms with Gasteiger partial charge in [-0.3, -0.25) is 0 Å². The maximum absolute atomic E-state index is 9.20. The molecule has 18 heavy (non-hydrogen) atoms. The lowest BCUT2D eigenvalue weighted by atomic mass is 10.0. The summed E-state index contributed by atoms with van der Waals surface area (Å²) in [6.07, 6.45) is 1.77. The Morgan fingerprint density at radius 2 is 1.67 bits per heavy atom. The first-order valence-corrected chi connectivity index (χ1v) is 5.73. The van der Waals surface area contributed by atoms with Gasteiger partial charge in [0.25, 0.3) is 0 Å². The van der Waals surface area contributed by atoms with Crippen molar-refractivity contribution < 1.29 is 5.11 Å². The monoisotopic (exact) mass is 255 g/mol. The molecule has 0 aromatic heterocycles. The predicted octanol–water partition coefficient (Wildman–Crippen LogP) is 4.11. The fourth-order valence-electron chi connectivity index (χ4n) is 1.55. The van der Waals surface area contributed by atoms with Gasteiger partial charge >= 0.3 is 0 Å². The van der Waals surface area contributed by atoms with Gasteiger partial charge < -0.3 is 5.11 Å². The van der Waals surface area contributed by atoms with Gasteiger partial charge in [0.05, 0.1) is 11.6 Å². The van der Waals surface area contributed by atoms with Crippen LogP contribution in [0.15, 0.2) is 48.5 Å². The molecular formula is C15H10ClNO. The van der Waals surface area contributed by atoms with Crippen LogP contribution in [0.3, 0.4) is 0 Å². The Bertz CT molecular complexity index is 606. The number of hydrogen-bond donors (Lipinski definition) is 1. The molecule has 0 fully saturated rings. The summed E-state index contributed by atoms with van der Waals surface area (Å²) in [6, 6.07) is 15.9. The van der Waals surface area contributed by atoms with Crippen molar-refractivity contribution in [3.8, 4) is 11.8 Å². The summed E-state index contributed by atoms with van der Waals surface area (Å²) in [6.45, 7) is 0. The fraction of sp³-hybridized carbons (Fsp3) is 0. The van der Waals surface area contributed by atoms with E-state index in [1.807, 2.05) is 0 Å². The maximum Gasteiger partial charge on any atom is 0.115 e. The average Bonchev–Trinajstić information content (AvgIpc) is 2.39. The molecule has 1 N–H and O–H groups in total. The van der Waals surface area contributed by atoms with Crippen molar-refractivity contribution in [3.63, 3.8) is 0 Å². The number of phenolic OH excluding ortho intramolecular Hbond substituents is 1. The van der Waals surface area contributed by atoms with Gasteiger partial charge in [0.1, 0.15) is 5.75 Å². The van der Waals surface area contributed by atoms with E-state index in [0.29, 0.717) is 10.6 Å². The molecule has 3 heteroatoms. The summed E-state index contributed by atoms with van der Waals surface area (Å²) in [5.74, 6) is 0.206. The lowest BCUT2D eigenvalue weighted by molar-refractivity contribution is 0.475. The van der Waals surface area contributed by atoms with E-state index in [1.54, 1.807) is 54.6 Å². The molecule has 0 aliphatic rings. The average molecular weight is 256 g/mol. The molecule has 0 saturated carbocycles. The van der Waals surface area contributed by atoms with Gasteiger partial charge in [0.2, 0.25) is 0 Å². The highest BCUT2D eigenvalue weighted by molar-refractivity contribution is 6.30. The van der Waals surface area contributed by atoms with Gasteiger partial charge in [0, 0.05) is 5.02 Å². The molecule has 0 aliphatic carbocycles. The molecule has 0 radical (unpaired) electrons. The molecule has 0 atom stereocenters. The van der Waals surface area contributed by atoms with Gasteiger partial charge in [-0.05, 0) is 41.5 Å². The highest BCUT2D eigenvalue weighted by Crippen LogP contribution is 2.20. The second-order valence-electron chi connectivity index (χ2n) is 3.77. The third kappa shape index (κ3) is 2.91. The zero-order valence-electron chi connectivity index (χ0n) is 9.47. The van der Waals surface area contributed by atoms with E-state index < -0.39 is 0 Å². The maximum atomic E-state index is 9.20. The molecule has 2 aromatic rings. The van der Waals surface area contributed by atoms with Gasteiger partial charge in [-0.25, -0.2) is 0 Å². The van der Waals surface area contributed by atoms with Crippen LogP contribution >= 0.6 is 11.6 Å². The number of rotatable bonds is 2. The summed E-state index contributed by atoms with van der Waals surface area (Å²) in [5.41, 5.74) is 2.23. The van der Waals surface area contributed by atoms with Crippen molar-refractivity contribution in [3.05, 3.63) is 64.7 Å². The Hall–Kier alpha value is -2.24. The number of allylic oxidation sites excluding steroid dienone is 1. The minimum atomic E-state index is 0.206. The largest absolute Gasteiger partial charge is 0.508 e. The second kappa shape index (κ2) is 5.39. The number of benzene rings is 2. The van der Waals surface area contributed by atoms with Crippen LogP contribution in [0.2, 0.25) is 5.02 Å². The molecule has 2 nitrogen and oxygen atoms in total. The van der Waals surface area contributed by atoms with E-state index in [2.05, 4.69) is 6.07 Å². The zero-order valence-corrected chi connectivity index (χ0v) is 10.2. The van der Waals surface area contributed by atoms with Gasteiger partial charge in [-0.1, -0.05) is 35.9 Å². The molecule has 0 bridgehead atoms. The first kappa shape index (κ1) is 12.2. The van der Waals surface area contributed by atoms with Crippen LogP contribution < -0.4 is 0 Å². The van der Waals surface area contributed by atoms with Crippen LogP contribution in [-0.2, 0) is 0 Å². The Morgan fingerprint density at radius 1 is 1.06 bits per heavy atom. The van der Waals surface area contributed by atoms with Crippen molar-refractivity contribution in [2.75, 3.05) is 0 Å². The predicted molar refractivity (Wildman–Crippen MR) is 73.0 cm³/mol. The standard InChI is InChI=1S/C15H10ClNO/c16-14-5-3-12(4-6-14)13(10-17)9-11-1-7-15(18)8-2-11/h1-9,18H/b13-9-. The molecule has 2 aromatic carbocycles. The highest BCUT2D eigenvalue weighted by atomic mass is 35.5. The number of nitriles is 1. The van der Waals surface area contributed by atoms with E-state index in [1.165, 1.54) is 0 Å². The third-order valence-electron chi connectivity index (χ3n) is 2.48. The molecule has 0 aliphatic heterocycles. The molecule has 0 spiro atoms. The van der Waals surface area contributed by atoms with Crippen molar-refractivity contribution in [2.45, 2.75) is 0 Å². The van der Waals surface area contributed by atoms with E-state index in [9.17, 15) is 5.11 Å². The number of nitrogens with zero attached hydrogens (tertiary/aromatic N) is 1. The van der Waals surface area contributed by atoms with Crippen LogP contribution in [0, 0.1) is 11.3 Å². The third-order valence-corrected chi connectivity index (χ3v) is 2.73. The summed E-state index contributed by atoms with van der Waals surface area (Å²) in [7, 11) is 0. The van der Waals surface area contributed by atoms with E-state index in [-0.39, 0.29) is 5.75 Å². The fourth-order valence-corrected chi connectivity index (χ4v) is 1.67. The number of phenols is 1. The van der Waals surface area contributed by atoms with Crippen LogP contribution in [0.5, 0.6) is 5.75 Å². The van der Waals surface area contributed by atoms with Crippen molar-refractivity contribution >= 4 is 23.3 Å². The summed E-state index contributed by atoms with van der Waals surface area (Å²) in [4.78, 5) is 0. The molecule has 0 unspecified atom stereocenters. The van der Waals surface area contributed by atoms with Crippen LogP contribution in [0.4, 0.5) is 0 Å². The van der Waals surface area contributed by atoms with Crippen LogP contribution in [-0.4, -0.2) is 5.11 Å². The van der Waals surface area contributed by atoms with E-state index in [4.69, 9.17) is 16.9 Å². The summed E-state index contributed by atoms with van der Waals surface area (Å²) < 4.78 is 0. The topological polar surface area (TPSA) is 44.0 Å². The summed E-state index contributed by atoms with van der Waals surface area (Å²) >= 11 is 5.81. The van der Waals surface area contributed by atoms with Crippen molar-refractivity contribution in [1.29, 1.82) is 5.26 Å². The second-order valence-corrected chi connectivity index (χ2v) is 4.20. The molecule has 0 amide bonds. The highest BCUT2D eigenvalue weighted by Gasteiger charge is 2.01. The molecule has 0 saturated heterocycles. The van der Waals surface area contributed by atoms with E-state index >= 15 is 0 Å². The lowest BCUT2D eigenvalue weighted by Gasteiger charge is -2.00. The molecule has 0 heterocycles. The number of halogens is 1. The van der Waals surface area contributed by atoms with E-state index in [0.717, 1.165) is 11.1 Å². The number of aromatic hydroxyl groups is 1. The normalized spacial score (nSPS) is 11.0. The minimum Gasteiger partial charge on any atom is -0.508 e. The zero-order chi connectivity index (χ0) is 13.0. The van der Waals surface area contributed by atoms with Crippen molar-refractivity contribution in [1.82, 2.24) is 0 Å². The first-order chi connectivity index (χ1) is 8.69. The quantitative estimate of drug-likeness (QED) is 0.648. The summed E-state index contributed by atoms with van der Waals surface area (Å²) in [5, 5.41) is 19.0. The molecular weight excluding hydrogens is 246 g/mol. The lowest BCUT2D eigenvalue weighted by Crippen LogP contribution is -1.81. The van der Waals surface area contributed by atoms with Crippen molar-refractivity contribution in [2.24, 2.45) is 0 Å². The van der Waals surface area contributed by atoms with Crippen LogP contribution in [0.25, 0.3) is 11.6 Å². The SMILES string of the molecule is N#C/C(=C/c1ccc(O)cc1)c1ccc(Cl)cc1. The minimum absolute atomic E-state index is 0.206. The Labute approximate surface area is 110 Å². The Balaban J connectivity index is 2.37. The Kier molecular flexibility index (Phi) is 3.66. The first-order valence-electron chi connectivity index (χ1n) is 5.36. The van der Waals surface area contributed by atoms with Gasteiger partial charge in [-0.15, -0.1) is 0 Å². The molecule has 2 rings (SSSR count).